The summed E-state index contributed by atoms with van der Waals surface area (Å²) < 4.78 is 25.5. The highest BCUT2D eigenvalue weighted by atomic mass is 32.2. The van der Waals surface area contributed by atoms with Crippen LogP contribution in [-0.2, 0) is 22.9 Å². The Kier molecular flexibility index (Phi) is 6.69. The summed E-state index contributed by atoms with van der Waals surface area (Å²) in [5, 5.41) is 6.59. The molecule has 0 aromatic heterocycles. The Morgan fingerprint density at radius 1 is 1.23 bits per heavy atom. The molecular weight excluding hydrogens is 348 g/mol. The summed E-state index contributed by atoms with van der Waals surface area (Å²) in [4.78, 5) is 4.26. The summed E-state index contributed by atoms with van der Waals surface area (Å²) in [5.74, 6) is 0.651. The minimum atomic E-state index is -3.26. The van der Waals surface area contributed by atoms with Gasteiger partial charge >= 0.3 is 0 Å². The summed E-state index contributed by atoms with van der Waals surface area (Å²) in [6, 6.07) is 6.84. The SMILES string of the molecule is CN=C(NCC(C)(C)NS(C)(=O)=O)NC(C)c1ccc2c(c1)CCCC2. The molecule has 0 bridgehead atoms. The number of fused-ring (bicyclic) bond motifs is 1. The van der Waals surface area contributed by atoms with Crippen molar-refractivity contribution in [2.24, 2.45) is 4.99 Å². The molecule has 26 heavy (non-hydrogen) atoms. The predicted octanol–water partition coefficient (Wildman–Crippen LogP) is 2.12. The Morgan fingerprint density at radius 2 is 1.88 bits per heavy atom. The minimum Gasteiger partial charge on any atom is -0.355 e. The third kappa shape index (κ3) is 6.29. The minimum absolute atomic E-state index is 0.111. The van der Waals surface area contributed by atoms with Crippen LogP contribution in [0.15, 0.2) is 23.2 Å². The van der Waals surface area contributed by atoms with Crippen LogP contribution < -0.4 is 15.4 Å². The fraction of sp³-hybridized carbons (Fsp3) is 0.632. The zero-order valence-corrected chi connectivity index (χ0v) is 17.3. The van der Waals surface area contributed by atoms with Gasteiger partial charge in [0.2, 0.25) is 10.0 Å². The Hall–Kier alpha value is -1.60. The molecule has 1 atom stereocenters. The average molecular weight is 381 g/mol. The van der Waals surface area contributed by atoms with Crippen molar-refractivity contribution in [3.63, 3.8) is 0 Å². The van der Waals surface area contributed by atoms with Gasteiger partial charge in [0.05, 0.1) is 12.3 Å². The fourth-order valence-electron chi connectivity index (χ4n) is 3.35. The standard InChI is InChI=1S/C19H32N4O2S/c1-14(16-11-10-15-8-6-7-9-17(15)12-16)22-18(20-4)21-13-19(2,3)23-26(5,24)25/h10-12,14,23H,6-9,13H2,1-5H3,(H2,20,21,22). The zero-order valence-electron chi connectivity index (χ0n) is 16.5. The van der Waals surface area contributed by atoms with Crippen LogP contribution >= 0.6 is 0 Å². The molecule has 0 saturated carbocycles. The lowest BCUT2D eigenvalue weighted by Gasteiger charge is -2.27. The highest BCUT2D eigenvalue weighted by Gasteiger charge is 2.22. The number of sulfonamides is 1. The number of aryl methyl sites for hydroxylation is 2. The van der Waals surface area contributed by atoms with E-state index in [-0.39, 0.29) is 6.04 Å². The van der Waals surface area contributed by atoms with Gasteiger partial charge in [-0.15, -0.1) is 0 Å². The number of rotatable bonds is 6. The molecule has 0 heterocycles. The molecule has 1 aromatic carbocycles. The second kappa shape index (κ2) is 8.39. The van der Waals surface area contributed by atoms with Gasteiger partial charge in [-0.3, -0.25) is 4.99 Å². The third-order valence-corrected chi connectivity index (χ3v) is 5.53. The van der Waals surface area contributed by atoms with Crippen LogP contribution in [0.3, 0.4) is 0 Å². The van der Waals surface area contributed by atoms with Gasteiger partial charge in [0.1, 0.15) is 0 Å². The number of benzene rings is 1. The molecule has 1 aromatic rings. The van der Waals surface area contributed by atoms with Crippen LogP contribution in [0.5, 0.6) is 0 Å². The molecule has 0 spiro atoms. The van der Waals surface area contributed by atoms with E-state index in [1.807, 2.05) is 13.8 Å². The topological polar surface area (TPSA) is 82.6 Å². The van der Waals surface area contributed by atoms with Crippen molar-refractivity contribution >= 4 is 16.0 Å². The molecule has 6 nitrogen and oxygen atoms in total. The van der Waals surface area contributed by atoms with E-state index in [0.717, 1.165) is 6.42 Å². The first-order chi connectivity index (χ1) is 12.1. The molecule has 146 valence electrons. The largest absolute Gasteiger partial charge is 0.355 e. The first-order valence-corrected chi connectivity index (χ1v) is 11.1. The first-order valence-electron chi connectivity index (χ1n) is 9.17. The molecule has 0 saturated heterocycles. The summed E-state index contributed by atoms with van der Waals surface area (Å²) in [6.45, 7) is 6.20. The number of hydrogen-bond donors (Lipinski definition) is 3. The van der Waals surface area contributed by atoms with Gasteiger partial charge in [-0.2, -0.15) is 0 Å². The first kappa shape index (κ1) is 20.7. The fourth-order valence-corrected chi connectivity index (χ4v) is 4.42. The van der Waals surface area contributed by atoms with Gasteiger partial charge in [-0.05, 0) is 63.1 Å². The highest BCUT2D eigenvalue weighted by molar-refractivity contribution is 7.88. The molecular formula is C19H32N4O2S. The summed E-state index contributed by atoms with van der Waals surface area (Å²) >= 11 is 0. The molecule has 0 amide bonds. The van der Waals surface area contributed by atoms with Crippen molar-refractivity contribution < 1.29 is 8.42 Å². The predicted molar refractivity (Wildman–Crippen MR) is 108 cm³/mol. The van der Waals surface area contributed by atoms with E-state index < -0.39 is 15.6 Å². The zero-order chi connectivity index (χ0) is 19.4. The number of hydrogen-bond acceptors (Lipinski definition) is 3. The number of aliphatic imine (C=N–C) groups is 1. The van der Waals surface area contributed by atoms with Crippen LogP contribution in [0.25, 0.3) is 0 Å². The Labute approximate surface area is 157 Å². The second-order valence-corrected chi connectivity index (χ2v) is 9.53. The van der Waals surface area contributed by atoms with Crippen molar-refractivity contribution in [1.29, 1.82) is 0 Å². The normalized spacial score (nSPS) is 16.7. The molecule has 0 aliphatic heterocycles. The number of nitrogens with one attached hydrogen (secondary N) is 3. The van der Waals surface area contributed by atoms with Gasteiger partial charge < -0.3 is 10.6 Å². The molecule has 1 unspecified atom stereocenters. The molecule has 7 heteroatoms. The quantitative estimate of drug-likeness (QED) is 0.521. The van der Waals surface area contributed by atoms with Crippen molar-refractivity contribution in [2.75, 3.05) is 19.8 Å². The highest BCUT2D eigenvalue weighted by Crippen LogP contribution is 2.24. The van der Waals surface area contributed by atoms with E-state index in [1.54, 1.807) is 7.05 Å². The molecule has 0 radical (unpaired) electrons. The van der Waals surface area contributed by atoms with Crippen LogP contribution in [-0.4, -0.2) is 39.8 Å². The maximum absolute atomic E-state index is 11.5. The van der Waals surface area contributed by atoms with Crippen LogP contribution in [0.2, 0.25) is 0 Å². The van der Waals surface area contributed by atoms with Gasteiger partial charge in [0.25, 0.3) is 0 Å². The van der Waals surface area contributed by atoms with Gasteiger partial charge in [0.15, 0.2) is 5.96 Å². The summed E-state index contributed by atoms with van der Waals surface area (Å²) in [6.07, 6.45) is 6.06. The van der Waals surface area contributed by atoms with E-state index in [9.17, 15) is 8.42 Å². The third-order valence-electron chi connectivity index (χ3n) is 4.61. The second-order valence-electron chi connectivity index (χ2n) is 7.79. The molecule has 2 rings (SSSR count). The van der Waals surface area contributed by atoms with Gasteiger partial charge in [-0.1, -0.05) is 18.2 Å². The lowest BCUT2D eigenvalue weighted by Crippen LogP contribution is -2.53. The summed E-state index contributed by atoms with van der Waals surface area (Å²) in [7, 11) is -1.55. The number of guanidine groups is 1. The van der Waals surface area contributed by atoms with Crippen LogP contribution in [0.4, 0.5) is 0 Å². The number of nitrogens with zero attached hydrogens (tertiary/aromatic N) is 1. The monoisotopic (exact) mass is 380 g/mol. The smallest absolute Gasteiger partial charge is 0.209 e. The average Bonchev–Trinajstić information content (AvgIpc) is 2.55. The lowest BCUT2D eigenvalue weighted by atomic mass is 9.89. The van der Waals surface area contributed by atoms with Crippen molar-refractivity contribution in [3.8, 4) is 0 Å². The van der Waals surface area contributed by atoms with Crippen molar-refractivity contribution in [1.82, 2.24) is 15.4 Å². The Balaban J connectivity index is 1.97. The molecule has 0 fully saturated rings. The van der Waals surface area contributed by atoms with E-state index >= 15 is 0 Å². The lowest BCUT2D eigenvalue weighted by molar-refractivity contribution is 0.445. The molecule has 1 aliphatic rings. The molecule has 1 aliphatic carbocycles. The Bertz CT molecular complexity index is 757. The summed E-state index contributed by atoms with van der Waals surface area (Å²) in [5.41, 5.74) is 3.56. The Morgan fingerprint density at radius 3 is 2.50 bits per heavy atom. The van der Waals surface area contributed by atoms with Gasteiger partial charge in [0, 0.05) is 19.1 Å². The van der Waals surface area contributed by atoms with Crippen molar-refractivity contribution in [3.05, 3.63) is 34.9 Å². The van der Waals surface area contributed by atoms with Gasteiger partial charge in [-0.25, -0.2) is 13.1 Å². The molecule has 3 N–H and O–H groups in total. The maximum Gasteiger partial charge on any atom is 0.209 e. The van der Waals surface area contributed by atoms with E-state index in [4.69, 9.17) is 0 Å². The van der Waals surface area contributed by atoms with E-state index in [2.05, 4.69) is 45.5 Å². The maximum atomic E-state index is 11.5. The van der Waals surface area contributed by atoms with Crippen molar-refractivity contribution in [2.45, 2.75) is 58.0 Å². The van der Waals surface area contributed by atoms with Crippen LogP contribution in [0.1, 0.15) is 56.3 Å². The van der Waals surface area contributed by atoms with E-state index in [1.165, 1.54) is 42.2 Å². The van der Waals surface area contributed by atoms with Crippen LogP contribution in [0, 0.1) is 0 Å². The van der Waals surface area contributed by atoms with E-state index in [0.29, 0.717) is 12.5 Å².